The van der Waals surface area contributed by atoms with E-state index in [1.54, 1.807) is 42.5 Å². The molecule has 1 aliphatic heterocycles. The molecule has 0 aliphatic carbocycles. The average Bonchev–Trinajstić information content (AvgIpc) is 3.43. The highest BCUT2D eigenvalue weighted by Gasteiger charge is 2.34. The minimum absolute atomic E-state index is 0.0210. The van der Waals surface area contributed by atoms with Crippen LogP contribution in [-0.4, -0.2) is 24.4 Å². The van der Waals surface area contributed by atoms with Crippen molar-refractivity contribution in [3.8, 4) is 11.3 Å². The second-order valence-corrected chi connectivity index (χ2v) is 7.58. The highest BCUT2D eigenvalue weighted by molar-refractivity contribution is 6.31. The molecule has 1 aliphatic rings. The summed E-state index contributed by atoms with van der Waals surface area (Å²) in [6.07, 6.45) is 3.05. The molecule has 7 heteroatoms. The maximum absolute atomic E-state index is 12.8. The number of nitrogens with zero attached hydrogens (tertiary/aromatic N) is 1. The topological polar surface area (TPSA) is 88.9 Å². The summed E-state index contributed by atoms with van der Waals surface area (Å²) in [5, 5.41) is 1.23. The van der Waals surface area contributed by atoms with Gasteiger partial charge in [-0.3, -0.25) is 15.0 Å². The molecule has 33 heavy (non-hydrogen) atoms. The third-order valence-electron chi connectivity index (χ3n) is 5.23. The van der Waals surface area contributed by atoms with Gasteiger partial charge in [-0.15, -0.1) is 0 Å². The lowest BCUT2D eigenvalue weighted by atomic mass is 10.1. The molecule has 0 saturated carbocycles. The van der Waals surface area contributed by atoms with Gasteiger partial charge in [0.1, 0.15) is 17.1 Å². The van der Waals surface area contributed by atoms with Gasteiger partial charge >= 0.3 is 5.97 Å². The zero-order valence-corrected chi connectivity index (χ0v) is 18.5. The number of hydrogen-bond acceptors (Lipinski definition) is 5. The molecule has 0 bridgehead atoms. The summed E-state index contributed by atoms with van der Waals surface area (Å²) >= 11 is 0. The standard InChI is InChI=1S/C26H24N2O5/c1-3-14-32-26(31)19-7-5-6-18(15-19)23-13-12-21(33-23)16-22-24(29)27-28(25(22)30)20-10-8-17(4-2)9-11-20/h5-13,15-16H,3-4,14H2,1-2H3,(H,27,29). The molecule has 0 radical (unpaired) electrons. The number of anilines is 1. The third-order valence-corrected chi connectivity index (χ3v) is 5.23. The van der Waals surface area contributed by atoms with Crippen LogP contribution in [0, 0.1) is 0 Å². The van der Waals surface area contributed by atoms with Gasteiger partial charge in [0.05, 0.1) is 17.9 Å². The first-order chi connectivity index (χ1) is 16.0. The van der Waals surface area contributed by atoms with Gasteiger partial charge < -0.3 is 9.15 Å². The first-order valence-electron chi connectivity index (χ1n) is 10.8. The molecule has 2 heterocycles. The molecule has 1 fully saturated rings. The summed E-state index contributed by atoms with van der Waals surface area (Å²) in [6, 6.07) is 17.7. The molecule has 4 rings (SSSR count). The summed E-state index contributed by atoms with van der Waals surface area (Å²) in [4.78, 5) is 37.4. The van der Waals surface area contributed by atoms with Crippen LogP contribution in [0.15, 0.2) is 70.7 Å². The van der Waals surface area contributed by atoms with E-state index in [-0.39, 0.29) is 5.57 Å². The zero-order chi connectivity index (χ0) is 23.4. The molecule has 3 aromatic rings. The van der Waals surface area contributed by atoms with Crippen LogP contribution in [0.5, 0.6) is 0 Å². The Morgan fingerprint density at radius 2 is 1.85 bits per heavy atom. The Hall–Kier alpha value is -4.13. The van der Waals surface area contributed by atoms with Gasteiger partial charge in [-0.1, -0.05) is 38.1 Å². The van der Waals surface area contributed by atoms with Crippen molar-refractivity contribution >= 4 is 29.5 Å². The Kier molecular flexibility index (Phi) is 6.40. The fraction of sp³-hybridized carbons (Fsp3) is 0.192. The van der Waals surface area contributed by atoms with Crippen molar-refractivity contribution in [2.45, 2.75) is 26.7 Å². The Labute approximate surface area is 191 Å². The van der Waals surface area contributed by atoms with Crippen LogP contribution in [0.4, 0.5) is 5.69 Å². The van der Waals surface area contributed by atoms with E-state index in [9.17, 15) is 14.4 Å². The van der Waals surface area contributed by atoms with Gasteiger partial charge in [-0.2, -0.15) is 0 Å². The molecule has 0 unspecified atom stereocenters. The summed E-state index contributed by atoms with van der Waals surface area (Å²) < 4.78 is 11.0. The van der Waals surface area contributed by atoms with Gasteiger partial charge in [0.15, 0.2) is 0 Å². The van der Waals surface area contributed by atoms with E-state index in [1.807, 2.05) is 32.0 Å². The Morgan fingerprint density at radius 3 is 2.58 bits per heavy atom. The smallest absolute Gasteiger partial charge is 0.338 e. The lowest BCUT2D eigenvalue weighted by Gasteiger charge is -2.14. The molecule has 1 N–H and O–H groups in total. The lowest BCUT2D eigenvalue weighted by Crippen LogP contribution is -2.35. The summed E-state index contributed by atoms with van der Waals surface area (Å²) in [7, 11) is 0. The Balaban J connectivity index is 1.54. The summed E-state index contributed by atoms with van der Waals surface area (Å²) in [6.45, 7) is 4.33. The van der Waals surface area contributed by atoms with Gasteiger partial charge in [0, 0.05) is 5.56 Å². The van der Waals surface area contributed by atoms with Crippen LogP contribution < -0.4 is 10.4 Å². The highest BCUT2D eigenvalue weighted by atomic mass is 16.5. The van der Waals surface area contributed by atoms with Crippen molar-refractivity contribution < 1.29 is 23.5 Å². The number of esters is 1. The number of carbonyl (C=O) groups excluding carboxylic acids is 3. The highest BCUT2D eigenvalue weighted by Crippen LogP contribution is 2.27. The zero-order valence-electron chi connectivity index (χ0n) is 18.5. The first-order valence-corrected chi connectivity index (χ1v) is 10.8. The number of hydrogen-bond donors (Lipinski definition) is 1. The van der Waals surface area contributed by atoms with Crippen molar-refractivity contribution in [2.75, 3.05) is 11.6 Å². The van der Waals surface area contributed by atoms with Crippen LogP contribution >= 0.6 is 0 Å². The predicted octanol–water partition coefficient (Wildman–Crippen LogP) is 4.54. The minimum Gasteiger partial charge on any atom is -0.462 e. The quantitative estimate of drug-likeness (QED) is 0.328. The SMILES string of the molecule is CCCOC(=O)c1cccc(-c2ccc(C=C3C(=O)NN(c4ccc(CC)cc4)C3=O)o2)c1. The largest absolute Gasteiger partial charge is 0.462 e. The van der Waals surface area contributed by atoms with Crippen molar-refractivity contribution in [1.29, 1.82) is 0 Å². The molecular formula is C26H24N2O5. The molecule has 7 nitrogen and oxygen atoms in total. The van der Waals surface area contributed by atoms with Crippen LogP contribution in [-0.2, 0) is 20.7 Å². The van der Waals surface area contributed by atoms with E-state index in [4.69, 9.17) is 9.15 Å². The fourth-order valence-electron chi connectivity index (χ4n) is 3.43. The molecule has 1 aromatic heterocycles. The molecule has 0 spiro atoms. The number of amides is 2. The van der Waals surface area contributed by atoms with Crippen LogP contribution in [0.1, 0.15) is 41.9 Å². The lowest BCUT2D eigenvalue weighted by molar-refractivity contribution is -0.117. The number of hydrazine groups is 1. The maximum atomic E-state index is 12.8. The third kappa shape index (κ3) is 4.72. The van der Waals surface area contributed by atoms with E-state index in [0.717, 1.165) is 18.4 Å². The summed E-state index contributed by atoms with van der Waals surface area (Å²) in [5.41, 5.74) is 5.40. The van der Waals surface area contributed by atoms with Gasteiger partial charge in [0.2, 0.25) is 0 Å². The average molecular weight is 444 g/mol. The van der Waals surface area contributed by atoms with E-state index in [0.29, 0.717) is 34.9 Å². The van der Waals surface area contributed by atoms with E-state index in [1.165, 1.54) is 11.1 Å². The Bertz CT molecular complexity index is 1220. The minimum atomic E-state index is -0.502. The van der Waals surface area contributed by atoms with Crippen LogP contribution in [0.2, 0.25) is 0 Å². The van der Waals surface area contributed by atoms with Crippen LogP contribution in [0.25, 0.3) is 17.4 Å². The number of carbonyl (C=O) groups is 3. The first kappa shape index (κ1) is 22.1. The number of ether oxygens (including phenoxy) is 1. The molecule has 2 aromatic carbocycles. The molecule has 168 valence electrons. The maximum Gasteiger partial charge on any atom is 0.338 e. The second-order valence-electron chi connectivity index (χ2n) is 7.58. The normalized spacial score (nSPS) is 14.6. The monoisotopic (exact) mass is 444 g/mol. The van der Waals surface area contributed by atoms with Crippen molar-refractivity contribution in [1.82, 2.24) is 5.43 Å². The molecule has 2 amide bonds. The Morgan fingerprint density at radius 1 is 1.06 bits per heavy atom. The van der Waals surface area contributed by atoms with E-state index >= 15 is 0 Å². The second kappa shape index (κ2) is 9.56. The summed E-state index contributed by atoms with van der Waals surface area (Å²) in [5.74, 6) is -0.496. The van der Waals surface area contributed by atoms with Crippen molar-refractivity contribution in [3.63, 3.8) is 0 Å². The van der Waals surface area contributed by atoms with Crippen molar-refractivity contribution in [2.24, 2.45) is 0 Å². The van der Waals surface area contributed by atoms with Gasteiger partial charge in [-0.05, 0) is 60.9 Å². The van der Waals surface area contributed by atoms with Crippen LogP contribution in [0.3, 0.4) is 0 Å². The number of nitrogens with one attached hydrogen (secondary N) is 1. The van der Waals surface area contributed by atoms with E-state index < -0.39 is 17.8 Å². The number of furan rings is 1. The predicted molar refractivity (Wildman–Crippen MR) is 124 cm³/mol. The number of benzene rings is 2. The molecule has 0 atom stereocenters. The van der Waals surface area contributed by atoms with E-state index in [2.05, 4.69) is 5.43 Å². The fourth-order valence-corrected chi connectivity index (χ4v) is 3.43. The molecule has 1 saturated heterocycles. The van der Waals surface area contributed by atoms with Gasteiger partial charge in [-0.25, -0.2) is 9.80 Å². The van der Waals surface area contributed by atoms with Gasteiger partial charge in [0.25, 0.3) is 11.8 Å². The molecular weight excluding hydrogens is 420 g/mol. The number of rotatable bonds is 7. The number of aryl methyl sites for hydroxylation is 1. The van der Waals surface area contributed by atoms with Crippen molar-refractivity contribution in [3.05, 3.63) is 83.1 Å².